The molecule has 0 spiro atoms. The Bertz CT molecular complexity index is 334. The van der Waals surface area contributed by atoms with Crippen molar-refractivity contribution in [2.24, 2.45) is 5.73 Å². The zero-order valence-corrected chi connectivity index (χ0v) is 11.4. The van der Waals surface area contributed by atoms with E-state index in [0.29, 0.717) is 0 Å². The monoisotopic (exact) mass is 255 g/mol. The molecule has 5 heteroatoms. The third-order valence-electron chi connectivity index (χ3n) is 3.61. The van der Waals surface area contributed by atoms with Crippen molar-refractivity contribution >= 4 is 11.3 Å². The van der Waals surface area contributed by atoms with Crippen LogP contribution < -0.4 is 5.73 Å². The number of morpholine rings is 1. The summed E-state index contributed by atoms with van der Waals surface area (Å²) >= 11 is 1.68. The predicted molar refractivity (Wildman–Crippen MR) is 70.3 cm³/mol. The highest BCUT2D eigenvalue weighted by atomic mass is 32.1. The highest BCUT2D eigenvalue weighted by molar-refractivity contribution is 7.09. The zero-order valence-electron chi connectivity index (χ0n) is 10.6. The molecule has 2 heterocycles. The molecular weight excluding hydrogens is 234 g/mol. The lowest BCUT2D eigenvalue weighted by molar-refractivity contribution is -0.0186. The van der Waals surface area contributed by atoms with E-state index in [9.17, 15) is 0 Å². The third-order valence-corrected chi connectivity index (χ3v) is 4.41. The molecule has 1 aromatic heterocycles. The average Bonchev–Trinajstić information content (AvgIpc) is 2.83. The normalized spacial score (nSPS) is 20.4. The Balaban J connectivity index is 1.98. The van der Waals surface area contributed by atoms with E-state index in [-0.39, 0.29) is 11.6 Å². The number of ether oxygens (including phenoxy) is 1. The van der Waals surface area contributed by atoms with Crippen LogP contribution in [0.2, 0.25) is 0 Å². The molecule has 1 aliphatic rings. The van der Waals surface area contributed by atoms with E-state index in [1.165, 1.54) is 0 Å². The van der Waals surface area contributed by atoms with Crippen molar-refractivity contribution in [2.75, 3.05) is 26.3 Å². The maximum atomic E-state index is 6.36. The number of hydrogen-bond acceptors (Lipinski definition) is 5. The van der Waals surface area contributed by atoms with Crippen LogP contribution in [-0.2, 0) is 11.2 Å². The van der Waals surface area contributed by atoms with E-state index < -0.39 is 0 Å². The molecular formula is C12H21N3OS. The lowest BCUT2D eigenvalue weighted by Crippen LogP contribution is -2.59. The van der Waals surface area contributed by atoms with Crippen molar-refractivity contribution in [2.45, 2.75) is 31.8 Å². The highest BCUT2D eigenvalue weighted by Gasteiger charge is 2.34. The summed E-state index contributed by atoms with van der Waals surface area (Å²) in [6.45, 7) is 8.01. The lowest BCUT2D eigenvalue weighted by Gasteiger charge is -2.44. The molecule has 1 atom stereocenters. The Hall–Kier alpha value is -0.490. The first-order valence-corrected chi connectivity index (χ1v) is 6.95. The molecule has 1 aliphatic heterocycles. The summed E-state index contributed by atoms with van der Waals surface area (Å²) in [5.41, 5.74) is 6.35. The van der Waals surface area contributed by atoms with Gasteiger partial charge in [0.15, 0.2) is 0 Å². The first kappa shape index (κ1) is 13.0. The number of aromatic nitrogens is 1. The summed E-state index contributed by atoms with van der Waals surface area (Å²) in [4.78, 5) is 6.74. The maximum absolute atomic E-state index is 6.36. The van der Waals surface area contributed by atoms with Gasteiger partial charge in [0.05, 0.1) is 18.2 Å². The second-order valence-corrected chi connectivity index (χ2v) is 5.97. The van der Waals surface area contributed by atoms with Crippen molar-refractivity contribution in [3.05, 3.63) is 16.6 Å². The summed E-state index contributed by atoms with van der Waals surface area (Å²) in [5.74, 6) is 0. The molecule has 0 amide bonds. The molecule has 17 heavy (non-hydrogen) atoms. The predicted octanol–water partition coefficient (Wildman–Crippen LogP) is 1.12. The van der Waals surface area contributed by atoms with Crippen LogP contribution in [0.15, 0.2) is 11.6 Å². The molecule has 0 aliphatic carbocycles. The average molecular weight is 255 g/mol. The first-order chi connectivity index (χ1) is 8.10. The van der Waals surface area contributed by atoms with Crippen LogP contribution in [0.4, 0.5) is 0 Å². The van der Waals surface area contributed by atoms with Crippen LogP contribution in [-0.4, -0.2) is 47.8 Å². The molecule has 2 rings (SSSR count). The van der Waals surface area contributed by atoms with Gasteiger partial charge in [-0.05, 0) is 13.8 Å². The smallest absolute Gasteiger partial charge is 0.0940 e. The van der Waals surface area contributed by atoms with Crippen LogP contribution in [0.5, 0.6) is 0 Å². The summed E-state index contributed by atoms with van der Waals surface area (Å²) < 4.78 is 5.39. The van der Waals surface area contributed by atoms with Gasteiger partial charge in [-0.1, -0.05) is 0 Å². The van der Waals surface area contributed by atoms with E-state index in [4.69, 9.17) is 10.5 Å². The van der Waals surface area contributed by atoms with Gasteiger partial charge in [-0.3, -0.25) is 4.90 Å². The molecule has 1 unspecified atom stereocenters. The number of thiazole rings is 1. The van der Waals surface area contributed by atoms with Gasteiger partial charge in [-0.2, -0.15) is 0 Å². The van der Waals surface area contributed by atoms with Crippen molar-refractivity contribution < 1.29 is 4.74 Å². The molecule has 4 nitrogen and oxygen atoms in total. The quantitative estimate of drug-likeness (QED) is 0.876. The van der Waals surface area contributed by atoms with Gasteiger partial charge in [0.1, 0.15) is 0 Å². The Kier molecular flexibility index (Phi) is 4.14. The van der Waals surface area contributed by atoms with Crippen molar-refractivity contribution in [3.63, 3.8) is 0 Å². The Morgan fingerprint density at radius 2 is 2.24 bits per heavy atom. The molecule has 2 N–H and O–H groups in total. The van der Waals surface area contributed by atoms with Gasteiger partial charge >= 0.3 is 0 Å². The molecule has 0 radical (unpaired) electrons. The minimum absolute atomic E-state index is 0.00451. The summed E-state index contributed by atoms with van der Waals surface area (Å²) in [6, 6.07) is 0.103. The van der Waals surface area contributed by atoms with E-state index in [1.807, 2.05) is 11.6 Å². The fourth-order valence-corrected chi connectivity index (χ4v) is 2.84. The standard InChI is InChI=1S/C12H21N3OS/c1-12(2,15-4-6-16-7-5-15)10(13)9-11-14-3-8-17-11/h3,8,10H,4-7,9,13H2,1-2H3. The largest absolute Gasteiger partial charge is 0.379 e. The molecule has 0 bridgehead atoms. The molecule has 0 aromatic carbocycles. The highest BCUT2D eigenvalue weighted by Crippen LogP contribution is 2.22. The van der Waals surface area contributed by atoms with Crippen LogP contribution in [0, 0.1) is 0 Å². The van der Waals surface area contributed by atoms with Crippen LogP contribution in [0.25, 0.3) is 0 Å². The zero-order chi connectivity index (χ0) is 12.3. The summed E-state index contributed by atoms with van der Waals surface area (Å²) in [7, 11) is 0. The van der Waals surface area contributed by atoms with Crippen LogP contribution in [0.1, 0.15) is 18.9 Å². The Morgan fingerprint density at radius 3 is 2.82 bits per heavy atom. The van der Waals surface area contributed by atoms with Crippen molar-refractivity contribution in [1.82, 2.24) is 9.88 Å². The van der Waals surface area contributed by atoms with Crippen molar-refractivity contribution in [1.29, 1.82) is 0 Å². The van der Waals surface area contributed by atoms with Gasteiger partial charge in [0.25, 0.3) is 0 Å². The Labute approximate surface area is 107 Å². The maximum Gasteiger partial charge on any atom is 0.0940 e. The molecule has 96 valence electrons. The second kappa shape index (κ2) is 5.44. The van der Waals surface area contributed by atoms with E-state index in [1.54, 1.807) is 11.3 Å². The van der Waals surface area contributed by atoms with E-state index in [2.05, 4.69) is 23.7 Å². The van der Waals surface area contributed by atoms with E-state index in [0.717, 1.165) is 37.7 Å². The summed E-state index contributed by atoms with van der Waals surface area (Å²) in [6.07, 6.45) is 2.69. The number of rotatable bonds is 4. The SMILES string of the molecule is CC(C)(C(N)Cc1nccs1)N1CCOCC1. The third kappa shape index (κ3) is 3.04. The minimum atomic E-state index is -0.00451. The van der Waals surface area contributed by atoms with E-state index >= 15 is 0 Å². The van der Waals surface area contributed by atoms with Gasteiger partial charge in [-0.25, -0.2) is 4.98 Å². The molecule has 1 aromatic rings. The lowest BCUT2D eigenvalue weighted by atomic mass is 9.90. The van der Waals surface area contributed by atoms with Gasteiger partial charge in [0.2, 0.25) is 0 Å². The number of hydrogen-bond donors (Lipinski definition) is 1. The van der Waals surface area contributed by atoms with Gasteiger partial charge in [-0.15, -0.1) is 11.3 Å². The second-order valence-electron chi connectivity index (χ2n) is 4.99. The van der Waals surface area contributed by atoms with Gasteiger partial charge in [0, 0.05) is 42.7 Å². The number of nitrogens with two attached hydrogens (primary N) is 1. The Morgan fingerprint density at radius 1 is 1.53 bits per heavy atom. The topological polar surface area (TPSA) is 51.4 Å². The molecule has 1 fully saturated rings. The summed E-state index contributed by atoms with van der Waals surface area (Å²) in [5, 5.41) is 3.13. The van der Waals surface area contributed by atoms with Crippen LogP contribution >= 0.6 is 11.3 Å². The molecule has 1 saturated heterocycles. The van der Waals surface area contributed by atoms with Crippen LogP contribution in [0.3, 0.4) is 0 Å². The molecule has 0 saturated carbocycles. The fraction of sp³-hybridized carbons (Fsp3) is 0.750. The number of nitrogens with zero attached hydrogens (tertiary/aromatic N) is 2. The fourth-order valence-electron chi connectivity index (χ4n) is 2.17. The minimum Gasteiger partial charge on any atom is -0.379 e. The first-order valence-electron chi connectivity index (χ1n) is 6.07. The van der Waals surface area contributed by atoms with Crippen molar-refractivity contribution in [3.8, 4) is 0 Å². The van der Waals surface area contributed by atoms with Gasteiger partial charge < -0.3 is 10.5 Å².